The highest BCUT2D eigenvalue weighted by Crippen LogP contribution is 2.40. The van der Waals surface area contributed by atoms with Gasteiger partial charge >= 0.3 is 0 Å². The van der Waals surface area contributed by atoms with E-state index in [-0.39, 0.29) is 24.0 Å². The first-order valence-corrected chi connectivity index (χ1v) is 9.38. The maximum Gasteiger partial charge on any atom is 0.248 e. The molecule has 0 N–H and O–H groups in total. The normalized spacial score (nSPS) is 27.1. The van der Waals surface area contributed by atoms with Crippen molar-refractivity contribution in [2.24, 2.45) is 5.41 Å². The van der Waals surface area contributed by atoms with Crippen molar-refractivity contribution >= 4 is 17.2 Å². The number of ether oxygens (including phenoxy) is 3. The van der Waals surface area contributed by atoms with Gasteiger partial charge in [-0.1, -0.05) is 0 Å². The lowest BCUT2D eigenvalue weighted by molar-refractivity contribution is -0.168. The van der Waals surface area contributed by atoms with E-state index in [0.717, 1.165) is 43.1 Å². The predicted octanol–water partition coefficient (Wildman–Crippen LogP) is 2.01. The van der Waals surface area contributed by atoms with Crippen LogP contribution in [0.15, 0.2) is 5.38 Å². The first-order valence-electron chi connectivity index (χ1n) is 8.50. The molecule has 3 heterocycles. The van der Waals surface area contributed by atoms with Crippen molar-refractivity contribution < 1.29 is 19.0 Å². The van der Waals surface area contributed by atoms with Gasteiger partial charge in [-0.25, -0.2) is 4.98 Å². The Morgan fingerprint density at radius 2 is 2.46 bits per heavy atom. The smallest absolute Gasteiger partial charge is 0.248 e. The highest BCUT2D eigenvalue weighted by Gasteiger charge is 2.47. The van der Waals surface area contributed by atoms with Crippen LogP contribution in [0.3, 0.4) is 0 Å². The molecular weight excluding hydrogens is 328 g/mol. The second-order valence-electron chi connectivity index (χ2n) is 6.71. The molecule has 2 atom stereocenters. The number of aromatic nitrogens is 1. The maximum absolute atomic E-state index is 12.2. The zero-order valence-electron chi connectivity index (χ0n) is 14.5. The summed E-state index contributed by atoms with van der Waals surface area (Å²) in [5.41, 5.74) is 0.871. The van der Waals surface area contributed by atoms with Gasteiger partial charge in [0.1, 0.15) is 6.61 Å². The first kappa shape index (κ1) is 17.8. The number of amides is 1. The minimum atomic E-state index is -0.106. The number of likely N-dealkylation sites (tertiary alicyclic amines) is 1. The van der Waals surface area contributed by atoms with E-state index in [9.17, 15) is 4.79 Å². The fourth-order valence-corrected chi connectivity index (χ4v) is 4.36. The molecule has 0 aromatic carbocycles. The molecule has 134 valence electrons. The average molecular weight is 354 g/mol. The molecule has 0 aliphatic carbocycles. The Hall–Kier alpha value is -1.02. The molecule has 0 saturated carbocycles. The molecule has 6 nitrogen and oxygen atoms in total. The summed E-state index contributed by atoms with van der Waals surface area (Å²) in [5, 5.41) is 3.09. The number of aryl methyl sites for hydroxylation is 1. The van der Waals surface area contributed by atoms with E-state index in [1.165, 1.54) is 0 Å². The summed E-state index contributed by atoms with van der Waals surface area (Å²) in [5.74, 6) is 0.0519. The molecule has 2 fully saturated rings. The number of carbonyl (C=O) groups is 1. The van der Waals surface area contributed by atoms with Crippen LogP contribution in [-0.2, 0) is 25.6 Å². The SMILES string of the molecule is COCC(=O)N1CC[C@H]2OCCC[C@]2(COCc2csc(C)n2)C1. The van der Waals surface area contributed by atoms with Gasteiger partial charge in [-0.3, -0.25) is 4.79 Å². The average Bonchev–Trinajstić information content (AvgIpc) is 2.99. The number of piperidine rings is 1. The van der Waals surface area contributed by atoms with Crippen molar-refractivity contribution in [3.8, 4) is 0 Å². The van der Waals surface area contributed by atoms with Crippen LogP contribution in [0.25, 0.3) is 0 Å². The van der Waals surface area contributed by atoms with Crippen LogP contribution in [0, 0.1) is 12.3 Å². The fraction of sp³-hybridized carbons (Fsp3) is 0.765. The highest BCUT2D eigenvalue weighted by atomic mass is 32.1. The van der Waals surface area contributed by atoms with E-state index in [2.05, 4.69) is 4.98 Å². The minimum Gasteiger partial charge on any atom is -0.377 e. The molecule has 1 aromatic heterocycles. The summed E-state index contributed by atoms with van der Waals surface area (Å²) in [6.07, 6.45) is 3.09. The van der Waals surface area contributed by atoms with Crippen molar-refractivity contribution in [1.29, 1.82) is 0 Å². The molecule has 24 heavy (non-hydrogen) atoms. The van der Waals surface area contributed by atoms with Gasteiger partial charge in [-0.15, -0.1) is 11.3 Å². The van der Waals surface area contributed by atoms with Crippen LogP contribution in [0.1, 0.15) is 30.0 Å². The number of hydrogen-bond acceptors (Lipinski definition) is 6. The number of nitrogens with zero attached hydrogens (tertiary/aromatic N) is 2. The maximum atomic E-state index is 12.2. The van der Waals surface area contributed by atoms with E-state index >= 15 is 0 Å². The van der Waals surface area contributed by atoms with Gasteiger partial charge in [-0.05, 0) is 26.2 Å². The van der Waals surface area contributed by atoms with Crippen LogP contribution in [0.4, 0.5) is 0 Å². The summed E-state index contributed by atoms with van der Waals surface area (Å²) < 4.78 is 17.0. The quantitative estimate of drug-likeness (QED) is 0.782. The van der Waals surface area contributed by atoms with Gasteiger partial charge in [0.25, 0.3) is 0 Å². The molecule has 0 unspecified atom stereocenters. The van der Waals surface area contributed by atoms with E-state index < -0.39 is 0 Å². The minimum absolute atomic E-state index is 0.0519. The molecule has 2 aliphatic rings. The lowest BCUT2D eigenvalue weighted by Crippen LogP contribution is -2.58. The predicted molar refractivity (Wildman–Crippen MR) is 91.0 cm³/mol. The second-order valence-corrected chi connectivity index (χ2v) is 7.78. The summed E-state index contributed by atoms with van der Waals surface area (Å²) in [4.78, 5) is 18.6. The number of methoxy groups -OCH3 is 1. The fourth-order valence-electron chi connectivity index (χ4n) is 3.76. The van der Waals surface area contributed by atoms with E-state index in [1.807, 2.05) is 17.2 Å². The second kappa shape index (κ2) is 7.91. The number of hydrogen-bond donors (Lipinski definition) is 0. The number of fused-ring (bicyclic) bond motifs is 1. The summed E-state index contributed by atoms with van der Waals surface area (Å²) >= 11 is 1.64. The molecular formula is C17H26N2O4S. The first-order chi connectivity index (χ1) is 11.6. The van der Waals surface area contributed by atoms with Gasteiger partial charge in [-0.2, -0.15) is 0 Å². The van der Waals surface area contributed by atoms with Crippen LogP contribution in [0.2, 0.25) is 0 Å². The Balaban J connectivity index is 1.63. The third kappa shape index (κ3) is 3.96. The van der Waals surface area contributed by atoms with Gasteiger partial charge in [0.2, 0.25) is 5.91 Å². The lowest BCUT2D eigenvalue weighted by Gasteiger charge is -2.50. The zero-order chi connectivity index (χ0) is 17.0. The Morgan fingerprint density at radius 3 is 3.21 bits per heavy atom. The Labute approximate surface area is 147 Å². The number of carbonyl (C=O) groups excluding carboxylic acids is 1. The lowest BCUT2D eigenvalue weighted by atomic mass is 9.73. The Bertz CT molecular complexity index is 565. The van der Waals surface area contributed by atoms with Gasteiger partial charge in [0.15, 0.2) is 0 Å². The van der Waals surface area contributed by atoms with Crippen molar-refractivity contribution in [3.05, 3.63) is 16.1 Å². The number of thiazole rings is 1. The van der Waals surface area contributed by atoms with Gasteiger partial charge in [0, 0.05) is 37.6 Å². The van der Waals surface area contributed by atoms with Crippen molar-refractivity contribution in [2.75, 3.05) is 40.0 Å². The monoisotopic (exact) mass is 354 g/mol. The van der Waals surface area contributed by atoms with Gasteiger partial charge in [0.05, 0.1) is 30.0 Å². The topological polar surface area (TPSA) is 60.9 Å². The van der Waals surface area contributed by atoms with E-state index in [0.29, 0.717) is 19.8 Å². The van der Waals surface area contributed by atoms with E-state index in [1.54, 1.807) is 18.4 Å². The van der Waals surface area contributed by atoms with Gasteiger partial charge < -0.3 is 19.1 Å². The molecule has 7 heteroatoms. The zero-order valence-corrected chi connectivity index (χ0v) is 15.3. The summed E-state index contributed by atoms with van der Waals surface area (Å²) in [7, 11) is 1.56. The Morgan fingerprint density at radius 1 is 1.58 bits per heavy atom. The van der Waals surface area contributed by atoms with Crippen molar-refractivity contribution in [3.63, 3.8) is 0 Å². The summed E-state index contributed by atoms with van der Waals surface area (Å²) in [6, 6.07) is 0. The molecule has 0 radical (unpaired) electrons. The standard InChI is InChI=1S/C17H26N2O4S/c1-13-18-14(10-24-13)8-22-12-17-5-3-7-23-15(17)4-6-19(11-17)16(20)9-21-2/h10,15H,3-9,11-12H2,1-2H3/t15-,17-/m1/s1. The highest BCUT2D eigenvalue weighted by molar-refractivity contribution is 7.09. The van der Waals surface area contributed by atoms with Crippen LogP contribution >= 0.6 is 11.3 Å². The van der Waals surface area contributed by atoms with Crippen LogP contribution in [0.5, 0.6) is 0 Å². The molecule has 3 rings (SSSR count). The number of rotatable bonds is 6. The molecule has 0 bridgehead atoms. The summed E-state index contributed by atoms with van der Waals surface area (Å²) in [6.45, 7) is 5.49. The third-order valence-corrected chi connectivity index (χ3v) is 5.74. The van der Waals surface area contributed by atoms with Crippen LogP contribution < -0.4 is 0 Å². The molecule has 2 aliphatic heterocycles. The molecule has 1 aromatic rings. The molecule has 2 saturated heterocycles. The third-order valence-electron chi connectivity index (χ3n) is 4.91. The van der Waals surface area contributed by atoms with E-state index in [4.69, 9.17) is 14.2 Å². The molecule has 0 spiro atoms. The van der Waals surface area contributed by atoms with Crippen molar-refractivity contribution in [1.82, 2.24) is 9.88 Å². The molecule has 1 amide bonds. The largest absolute Gasteiger partial charge is 0.377 e. The Kier molecular flexibility index (Phi) is 5.86. The van der Waals surface area contributed by atoms with Crippen LogP contribution in [-0.4, -0.2) is 61.9 Å². The van der Waals surface area contributed by atoms with Crippen molar-refractivity contribution in [2.45, 2.75) is 38.9 Å².